The average molecular weight is 151 g/mol. The van der Waals surface area contributed by atoms with E-state index in [1.807, 2.05) is 6.08 Å². The van der Waals surface area contributed by atoms with Gasteiger partial charge < -0.3 is 0 Å². The third kappa shape index (κ3) is 4.58. The molecule has 0 aliphatic rings. The van der Waals surface area contributed by atoms with Gasteiger partial charge in [-0.15, -0.1) is 5.73 Å². The van der Waals surface area contributed by atoms with Crippen LogP contribution in [0.1, 0.15) is 27.7 Å². The number of rotatable bonds is 1. The Kier molecular flexibility index (Phi) is 3.84. The van der Waals surface area contributed by atoms with Gasteiger partial charge >= 0.3 is 0 Å². The maximum Gasteiger partial charge on any atom is 0.0285 e. The maximum absolute atomic E-state index is 3.83. The zero-order valence-electron chi connectivity index (χ0n) is 8.10. The van der Waals surface area contributed by atoms with Crippen LogP contribution in [-0.2, 0) is 0 Å². The van der Waals surface area contributed by atoms with Crippen LogP contribution in [0.2, 0.25) is 0 Å². The number of allylic oxidation sites excluding steroid dienone is 1. The van der Waals surface area contributed by atoms with Gasteiger partial charge in [0.25, 0.3) is 0 Å². The molecule has 0 rings (SSSR count). The monoisotopic (exact) mass is 151 g/mol. The predicted molar refractivity (Wildman–Crippen MR) is 51.1 cm³/mol. The van der Waals surface area contributed by atoms with Gasteiger partial charge in [-0.25, -0.2) is 0 Å². The highest BCUT2D eigenvalue weighted by Gasteiger charge is 2.10. The Labute approximate surface area is 69.5 Å². The van der Waals surface area contributed by atoms with E-state index in [-0.39, 0.29) is 5.41 Å². The molecule has 1 nitrogen and oxygen atoms in total. The second-order valence-electron chi connectivity index (χ2n) is 3.59. The van der Waals surface area contributed by atoms with Gasteiger partial charge in [-0.3, -0.25) is 4.99 Å². The molecule has 0 amide bonds. The number of hydrogen-bond acceptors (Lipinski definition) is 1. The Bertz CT molecular complexity index is 197. The largest absolute Gasteiger partial charge is 0.296 e. The lowest BCUT2D eigenvalue weighted by Gasteiger charge is -2.16. The van der Waals surface area contributed by atoms with E-state index in [9.17, 15) is 0 Å². The van der Waals surface area contributed by atoms with Crippen LogP contribution in [0.4, 0.5) is 0 Å². The molecule has 0 unspecified atom stereocenters. The molecule has 0 radical (unpaired) electrons. The summed E-state index contributed by atoms with van der Waals surface area (Å²) in [6, 6.07) is 0. The molecule has 0 fully saturated rings. The lowest BCUT2D eigenvalue weighted by Crippen LogP contribution is -2.04. The molecule has 0 aliphatic carbocycles. The van der Waals surface area contributed by atoms with Crippen molar-refractivity contribution in [2.75, 3.05) is 7.05 Å². The lowest BCUT2D eigenvalue weighted by atomic mass is 9.88. The number of aliphatic imine (C=N–C) groups is 1. The Morgan fingerprint density at radius 2 is 1.91 bits per heavy atom. The summed E-state index contributed by atoms with van der Waals surface area (Å²) in [5, 5.41) is 0. The smallest absolute Gasteiger partial charge is 0.0285 e. The quantitative estimate of drug-likeness (QED) is 0.403. The van der Waals surface area contributed by atoms with Crippen molar-refractivity contribution < 1.29 is 0 Å². The first-order valence-electron chi connectivity index (χ1n) is 3.83. The molecule has 0 heterocycles. The molecule has 1 heteroatoms. The van der Waals surface area contributed by atoms with Gasteiger partial charge in [-0.05, 0) is 24.0 Å². The third-order valence-electron chi connectivity index (χ3n) is 1.65. The molecule has 0 bridgehead atoms. The molecule has 0 aromatic carbocycles. The minimum Gasteiger partial charge on any atom is -0.296 e. The molecular weight excluding hydrogens is 134 g/mol. The highest BCUT2D eigenvalue weighted by atomic mass is 14.6. The van der Waals surface area contributed by atoms with E-state index in [2.05, 4.69) is 38.4 Å². The average Bonchev–Trinajstić information content (AvgIpc) is 1.86. The first-order chi connectivity index (χ1) is 4.98. The van der Waals surface area contributed by atoms with Gasteiger partial charge in [0.15, 0.2) is 0 Å². The summed E-state index contributed by atoms with van der Waals surface area (Å²) in [5.41, 5.74) is 4.63. The summed E-state index contributed by atoms with van der Waals surface area (Å²) in [6.45, 7) is 8.60. The molecular formula is C10H17N. The Hall–Kier alpha value is -0.810. The van der Waals surface area contributed by atoms with Crippen LogP contribution >= 0.6 is 0 Å². The van der Waals surface area contributed by atoms with E-state index in [1.54, 1.807) is 13.3 Å². The van der Waals surface area contributed by atoms with Crippen molar-refractivity contribution in [1.82, 2.24) is 0 Å². The lowest BCUT2D eigenvalue weighted by molar-refractivity contribution is 0.505. The van der Waals surface area contributed by atoms with Crippen LogP contribution in [0.25, 0.3) is 0 Å². The number of nitrogens with zero attached hydrogens (tertiary/aromatic N) is 1. The van der Waals surface area contributed by atoms with E-state index in [4.69, 9.17) is 0 Å². The van der Waals surface area contributed by atoms with Crippen molar-refractivity contribution in [2.45, 2.75) is 27.7 Å². The standard InChI is InChI=1S/C10H17N/c1-9(10(2,3)4)7-6-8-11-5/h6,8H,1-5H3. The molecule has 0 saturated carbocycles. The maximum atomic E-state index is 3.83. The zero-order valence-corrected chi connectivity index (χ0v) is 8.10. The zero-order chi connectivity index (χ0) is 8.91. The SMILES string of the molecule is CN=CC=C=C(C)C(C)(C)C. The highest BCUT2D eigenvalue weighted by molar-refractivity contribution is 5.70. The molecule has 11 heavy (non-hydrogen) atoms. The summed E-state index contributed by atoms with van der Waals surface area (Å²) in [6.07, 6.45) is 3.59. The fourth-order valence-corrected chi connectivity index (χ4v) is 0.453. The Morgan fingerprint density at radius 1 is 1.36 bits per heavy atom. The summed E-state index contributed by atoms with van der Waals surface area (Å²) >= 11 is 0. The van der Waals surface area contributed by atoms with Gasteiger partial charge in [-0.1, -0.05) is 20.8 Å². The van der Waals surface area contributed by atoms with Crippen molar-refractivity contribution in [3.8, 4) is 0 Å². The molecule has 62 valence electrons. The summed E-state index contributed by atoms with van der Waals surface area (Å²) < 4.78 is 0. The van der Waals surface area contributed by atoms with E-state index in [0.29, 0.717) is 0 Å². The van der Waals surface area contributed by atoms with Crippen molar-refractivity contribution in [2.24, 2.45) is 10.4 Å². The summed E-state index contributed by atoms with van der Waals surface area (Å²) in [5.74, 6) is 0. The van der Waals surface area contributed by atoms with Crippen LogP contribution in [0, 0.1) is 5.41 Å². The molecule has 0 N–H and O–H groups in total. The summed E-state index contributed by atoms with van der Waals surface area (Å²) in [7, 11) is 1.75. The van der Waals surface area contributed by atoms with E-state index < -0.39 is 0 Å². The molecule has 0 atom stereocenters. The second-order valence-corrected chi connectivity index (χ2v) is 3.59. The van der Waals surface area contributed by atoms with Crippen molar-refractivity contribution >= 4 is 6.21 Å². The first kappa shape index (κ1) is 10.2. The van der Waals surface area contributed by atoms with Crippen molar-refractivity contribution in [1.29, 1.82) is 0 Å². The van der Waals surface area contributed by atoms with E-state index in [0.717, 1.165) is 0 Å². The topological polar surface area (TPSA) is 12.4 Å². The second kappa shape index (κ2) is 4.15. The van der Waals surface area contributed by atoms with Crippen molar-refractivity contribution in [3.05, 3.63) is 17.4 Å². The van der Waals surface area contributed by atoms with E-state index in [1.165, 1.54) is 5.57 Å². The van der Waals surface area contributed by atoms with Crippen LogP contribution in [0.5, 0.6) is 0 Å². The molecule has 0 aromatic rings. The van der Waals surface area contributed by atoms with Crippen molar-refractivity contribution in [3.63, 3.8) is 0 Å². The Balaban J connectivity index is 4.46. The van der Waals surface area contributed by atoms with Gasteiger partial charge in [0.2, 0.25) is 0 Å². The van der Waals surface area contributed by atoms with E-state index >= 15 is 0 Å². The highest BCUT2D eigenvalue weighted by Crippen LogP contribution is 2.22. The normalized spacial score (nSPS) is 11.4. The molecule has 0 aromatic heterocycles. The van der Waals surface area contributed by atoms with Gasteiger partial charge in [-0.2, -0.15) is 0 Å². The molecule has 0 saturated heterocycles. The minimum absolute atomic E-state index is 0.220. The third-order valence-corrected chi connectivity index (χ3v) is 1.65. The Morgan fingerprint density at radius 3 is 2.27 bits per heavy atom. The fourth-order valence-electron chi connectivity index (χ4n) is 0.453. The molecule has 0 aliphatic heterocycles. The van der Waals surface area contributed by atoms with Gasteiger partial charge in [0.1, 0.15) is 0 Å². The first-order valence-corrected chi connectivity index (χ1v) is 3.83. The van der Waals surface area contributed by atoms with Gasteiger partial charge in [0.05, 0.1) is 0 Å². The van der Waals surface area contributed by atoms with Crippen LogP contribution < -0.4 is 0 Å². The van der Waals surface area contributed by atoms with Gasteiger partial charge in [0, 0.05) is 13.3 Å². The number of hydrogen-bond donors (Lipinski definition) is 0. The van der Waals surface area contributed by atoms with Crippen LogP contribution in [0.15, 0.2) is 22.4 Å². The minimum atomic E-state index is 0.220. The van der Waals surface area contributed by atoms with Crippen LogP contribution in [0.3, 0.4) is 0 Å². The van der Waals surface area contributed by atoms with Crippen LogP contribution in [-0.4, -0.2) is 13.3 Å². The predicted octanol–water partition coefficient (Wildman–Crippen LogP) is 2.83. The molecule has 0 spiro atoms. The summed E-state index contributed by atoms with van der Waals surface area (Å²) in [4.78, 5) is 3.83. The fraction of sp³-hybridized carbons (Fsp3) is 0.600.